The molecule has 0 saturated carbocycles. The summed E-state index contributed by atoms with van der Waals surface area (Å²) in [4.78, 5) is 2.05. The van der Waals surface area contributed by atoms with E-state index in [1.807, 2.05) is 31.3 Å². The summed E-state index contributed by atoms with van der Waals surface area (Å²) in [7, 11) is 3.51. The number of rotatable bonds is 5. The van der Waals surface area contributed by atoms with Crippen molar-refractivity contribution in [2.45, 2.75) is 37.8 Å². The van der Waals surface area contributed by atoms with Crippen LogP contribution < -0.4 is 4.74 Å². The highest BCUT2D eigenvalue weighted by atomic mass is 19.3. The molecule has 26 heavy (non-hydrogen) atoms. The summed E-state index contributed by atoms with van der Waals surface area (Å²) in [5.74, 6) is -2.15. The molecular formula is C21H25F2NO2. The Kier molecular flexibility index (Phi) is 5.04. The highest BCUT2D eigenvalue weighted by Gasteiger charge is 2.40. The second-order valence-electron chi connectivity index (χ2n) is 7.29. The van der Waals surface area contributed by atoms with Gasteiger partial charge in [-0.05, 0) is 49.2 Å². The van der Waals surface area contributed by atoms with Crippen LogP contribution in [0.5, 0.6) is 5.75 Å². The molecule has 0 spiro atoms. The minimum absolute atomic E-state index is 0.228. The zero-order valence-electron chi connectivity index (χ0n) is 15.4. The molecule has 0 amide bonds. The molecule has 1 unspecified atom stereocenters. The van der Waals surface area contributed by atoms with Crippen molar-refractivity contribution in [3.05, 3.63) is 64.7 Å². The summed E-state index contributed by atoms with van der Waals surface area (Å²) >= 11 is 0. The van der Waals surface area contributed by atoms with Crippen molar-refractivity contribution in [3.8, 4) is 5.75 Å². The monoisotopic (exact) mass is 361 g/mol. The second-order valence-corrected chi connectivity index (χ2v) is 7.29. The van der Waals surface area contributed by atoms with Gasteiger partial charge in [0, 0.05) is 25.1 Å². The second kappa shape index (κ2) is 6.97. The van der Waals surface area contributed by atoms with Gasteiger partial charge in [0.25, 0.3) is 0 Å². The van der Waals surface area contributed by atoms with E-state index in [0.29, 0.717) is 17.9 Å². The first kappa shape index (κ1) is 18.8. The van der Waals surface area contributed by atoms with E-state index in [1.165, 1.54) is 0 Å². The number of aliphatic hydroxyl groups is 1. The fourth-order valence-corrected chi connectivity index (χ4v) is 3.71. The molecule has 1 heterocycles. The Balaban J connectivity index is 2.07. The lowest BCUT2D eigenvalue weighted by Crippen LogP contribution is -2.45. The number of nitrogens with zero attached hydrogens (tertiary/aromatic N) is 1. The van der Waals surface area contributed by atoms with Crippen LogP contribution in [0, 0.1) is 0 Å². The van der Waals surface area contributed by atoms with Gasteiger partial charge in [0.15, 0.2) is 0 Å². The first-order chi connectivity index (χ1) is 12.2. The van der Waals surface area contributed by atoms with Gasteiger partial charge in [-0.15, -0.1) is 0 Å². The molecule has 140 valence electrons. The number of aryl methyl sites for hydroxylation is 1. The third kappa shape index (κ3) is 3.74. The molecule has 0 fully saturated rings. The van der Waals surface area contributed by atoms with Crippen molar-refractivity contribution in [3.63, 3.8) is 0 Å². The first-order valence-corrected chi connectivity index (χ1v) is 8.77. The van der Waals surface area contributed by atoms with Gasteiger partial charge in [-0.1, -0.05) is 30.3 Å². The minimum Gasteiger partial charge on any atom is -0.496 e. The van der Waals surface area contributed by atoms with E-state index in [4.69, 9.17) is 4.74 Å². The fourth-order valence-electron chi connectivity index (χ4n) is 3.71. The smallest absolute Gasteiger partial charge is 0.245 e. The van der Waals surface area contributed by atoms with Crippen LogP contribution in [0.4, 0.5) is 8.78 Å². The molecular weight excluding hydrogens is 336 g/mol. The Morgan fingerprint density at radius 2 is 1.92 bits per heavy atom. The lowest BCUT2D eigenvalue weighted by molar-refractivity contribution is 0.0132. The average Bonchev–Trinajstić information content (AvgIpc) is 2.59. The zero-order valence-corrected chi connectivity index (χ0v) is 15.4. The standard InChI is InChI=1S/C21H25F2NO2/c1-20(22,23)11-10-15-8-9-19(26-3)18(12-15)21(25)14-24(2)13-16-6-4-5-7-17(16)21/h4-9,12,25H,10-11,13-14H2,1-3H3. The van der Waals surface area contributed by atoms with Crippen LogP contribution in [0.2, 0.25) is 0 Å². The van der Waals surface area contributed by atoms with Crippen LogP contribution in [-0.4, -0.2) is 36.6 Å². The summed E-state index contributed by atoms with van der Waals surface area (Å²) in [5, 5.41) is 11.7. The van der Waals surface area contributed by atoms with Crippen LogP contribution in [0.3, 0.4) is 0 Å². The maximum absolute atomic E-state index is 13.3. The number of benzene rings is 2. The molecule has 0 bridgehead atoms. The lowest BCUT2D eigenvalue weighted by Gasteiger charge is -2.40. The fraction of sp³-hybridized carbons (Fsp3) is 0.429. The molecule has 1 N–H and O–H groups in total. The third-order valence-electron chi connectivity index (χ3n) is 4.96. The van der Waals surface area contributed by atoms with Crippen molar-refractivity contribution in [1.82, 2.24) is 4.90 Å². The maximum atomic E-state index is 13.3. The van der Waals surface area contributed by atoms with E-state index in [2.05, 4.69) is 4.90 Å². The molecule has 1 aliphatic heterocycles. The van der Waals surface area contributed by atoms with Gasteiger partial charge in [-0.2, -0.15) is 0 Å². The van der Waals surface area contributed by atoms with Crippen molar-refractivity contribution in [1.29, 1.82) is 0 Å². The Labute approximate surface area is 153 Å². The van der Waals surface area contributed by atoms with E-state index in [1.54, 1.807) is 25.3 Å². The molecule has 1 aliphatic rings. The van der Waals surface area contributed by atoms with Gasteiger partial charge in [0.1, 0.15) is 11.4 Å². The number of likely N-dealkylation sites (N-methyl/N-ethyl adjacent to an activating group) is 1. The van der Waals surface area contributed by atoms with Crippen LogP contribution >= 0.6 is 0 Å². The summed E-state index contributed by atoms with van der Waals surface area (Å²) in [6.45, 7) is 2.09. The SMILES string of the molecule is COc1ccc(CCC(C)(F)F)cc1C1(O)CN(C)Cc2ccccc21. The van der Waals surface area contributed by atoms with Gasteiger partial charge >= 0.3 is 0 Å². The number of hydrogen-bond acceptors (Lipinski definition) is 3. The number of alkyl halides is 2. The summed E-state index contributed by atoms with van der Waals surface area (Å²) in [5.41, 5.74) is 2.03. The molecule has 0 saturated heterocycles. The molecule has 3 rings (SSSR count). The zero-order chi connectivity index (χ0) is 18.9. The number of hydrogen-bond donors (Lipinski definition) is 1. The van der Waals surface area contributed by atoms with E-state index < -0.39 is 11.5 Å². The van der Waals surface area contributed by atoms with Gasteiger partial charge in [0.05, 0.1) is 7.11 Å². The van der Waals surface area contributed by atoms with Gasteiger partial charge in [0.2, 0.25) is 5.92 Å². The quantitative estimate of drug-likeness (QED) is 0.875. The molecule has 2 aromatic carbocycles. The summed E-state index contributed by atoms with van der Waals surface area (Å²) in [6, 6.07) is 13.1. The van der Waals surface area contributed by atoms with Gasteiger partial charge in [-0.25, -0.2) is 8.78 Å². The minimum atomic E-state index is -2.71. The first-order valence-electron chi connectivity index (χ1n) is 8.77. The number of methoxy groups -OCH3 is 1. The Bertz CT molecular complexity index is 788. The van der Waals surface area contributed by atoms with E-state index in [0.717, 1.165) is 30.2 Å². The lowest BCUT2D eigenvalue weighted by atomic mass is 9.79. The van der Waals surface area contributed by atoms with Crippen LogP contribution in [0.15, 0.2) is 42.5 Å². The van der Waals surface area contributed by atoms with Gasteiger partial charge in [-0.3, -0.25) is 4.90 Å². The van der Waals surface area contributed by atoms with Crippen LogP contribution in [-0.2, 0) is 18.6 Å². The van der Waals surface area contributed by atoms with Gasteiger partial charge < -0.3 is 9.84 Å². The molecule has 3 nitrogen and oxygen atoms in total. The molecule has 2 aromatic rings. The number of halogens is 2. The third-order valence-corrected chi connectivity index (χ3v) is 4.96. The number of ether oxygens (including phenoxy) is 1. The highest BCUT2D eigenvalue weighted by Crippen LogP contribution is 2.41. The van der Waals surface area contributed by atoms with Crippen LogP contribution in [0.1, 0.15) is 35.6 Å². The van der Waals surface area contributed by atoms with Crippen molar-refractivity contribution in [2.75, 3.05) is 20.7 Å². The molecule has 0 radical (unpaired) electrons. The van der Waals surface area contributed by atoms with Crippen LogP contribution in [0.25, 0.3) is 0 Å². The topological polar surface area (TPSA) is 32.7 Å². The van der Waals surface area contributed by atoms with E-state index in [-0.39, 0.29) is 12.8 Å². The highest BCUT2D eigenvalue weighted by molar-refractivity contribution is 5.50. The van der Waals surface area contributed by atoms with E-state index >= 15 is 0 Å². The Morgan fingerprint density at radius 1 is 1.19 bits per heavy atom. The van der Waals surface area contributed by atoms with Crippen molar-refractivity contribution >= 4 is 0 Å². The molecule has 1 atom stereocenters. The molecule has 0 aliphatic carbocycles. The predicted octanol–water partition coefficient (Wildman–Crippen LogP) is 3.96. The van der Waals surface area contributed by atoms with Crippen molar-refractivity contribution in [2.24, 2.45) is 0 Å². The normalized spacial score (nSPS) is 20.7. The Morgan fingerprint density at radius 3 is 2.62 bits per heavy atom. The maximum Gasteiger partial charge on any atom is 0.245 e. The number of fused-ring (bicyclic) bond motifs is 1. The predicted molar refractivity (Wildman–Crippen MR) is 97.7 cm³/mol. The summed E-state index contributed by atoms with van der Waals surface area (Å²) < 4.78 is 32.0. The largest absolute Gasteiger partial charge is 0.496 e. The Hall–Kier alpha value is -1.98. The van der Waals surface area contributed by atoms with Crippen molar-refractivity contribution < 1.29 is 18.6 Å². The number of β-amino-alcohol motifs (C(OH)–C–C–N with tert-alkyl or cyclic N) is 1. The summed E-state index contributed by atoms with van der Waals surface area (Å²) in [6.07, 6.45) is 0.0156. The molecule has 0 aromatic heterocycles. The average molecular weight is 361 g/mol. The molecule has 5 heteroatoms. The van der Waals surface area contributed by atoms with E-state index in [9.17, 15) is 13.9 Å².